The van der Waals surface area contributed by atoms with Gasteiger partial charge in [0, 0.05) is 12.8 Å². The average molecular weight is 341 g/mol. The molecule has 0 aliphatic heterocycles. The van der Waals surface area contributed by atoms with Crippen LogP contribution in [0, 0.1) is 12.8 Å². The van der Waals surface area contributed by atoms with Crippen LogP contribution in [0.5, 0.6) is 0 Å². The van der Waals surface area contributed by atoms with Gasteiger partial charge in [-0.05, 0) is 37.5 Å². The smallest absolute Gasteiger partial charge is 0.339 e. The normalized spacial score (nSPS) is 12.8. The third-order valence-corrected chi connectivity index (χ3v) is 4.30. The highest BCUT2D eigenvalue weighted by Gasteiger charge is 2.21. The van der Waals surface area contributed by atoms with E-state index in [1.807, 2.05) is 13.8 Å². The summed E-state index contributed by atoms with van der Waals surface area (Å²) in [6.07, 6.45) is 0.108. The molecular weight excluding hydrogens is 318 g/mol. The zero-order chi connectivity index (χ0) is 17.8. The topological polar surface area (TPSA) is 89.5 Å². The molecule has 0 aliphatic rings. The first kappa shape index (κ1) is 19.2. The van der Waals surface area contributed by atoms with Gasteiger partial charge in [-0.3, -0.25) is 4.79 Å². The van der Waals surface area contributed by atoms with E-state index in [0.717, 1.165) is 6.26 Å². The first-order valence-electron chi connectivity index (χ1n) is 7.31. The largest absolute Gasteiger partial charge is 0.449 e. The first-order valence-corrected chi connectivity index (χ1v) is 9.21. The minimum absolute atomic E-state index is 0.0342. The Morgan fingerprint density at radius 1 is 1.22 bits per heavy atom. The third kappa shape index (κ3) is 5.67. The zero-order valence-corrected chi connectivity index (χ0v) is 14.9. The SMILES string of the molecule is Cc1ccc(S(C)(=O)=O)cc1C(=O)O[C@@H](C)C(=O)NCC(C)C. The third-order valence-electron chi connectivity index (χ3n) is 3.19. The van der Waals surface area contributed by atoms with Gasteiger partial charge in [0.2, 0.25) is 0 Å². The van der Waals surface area contributed by atoms with Crippen molar-refractivity contribution in [1.29, 1.82) is 0 Å². The van der Waals surface area contributed by atoms with Gasteiger partial charge in [0.1, 0.15) is 0 Å². The Balaban J connectivity index is 2.87. The van der Waals surface area contributed by atoms with E-state index in [2.05, 4.69) is 5.32 Å². The summed E-state index contributed by atoms with van der Waals surface area (Å²) in [7, 11) is -3.43. The van der Waals surface area contributed by atoms with Gasteiger partial charge >= 0.3 is 5.97 Å². The number of hydrogen-bond donors (Lipinski definition) is 1. The highest BCUT2D eigenvalue weighted by molar-refractivity contribution is 7.90. The molecule has 128 valence electrons. The van der Waals surface area contributed by atoms with Gasteiger partial charge in [-0.15, -0.1) is 0 Å². The number of rotatable bonds is 6. The molecule has 0 aliphatic carbocycles. The quantitative estimate of drug-likeness (QED) is 0.796. The van der Waals surface area contributed by atoms with Crippen molar-refractivity contribution in [2.75, 3.05) is 12.8 Å². The van der Waals surface area contributed by atoms with Gasteiger partial charge in [-0.2, -0.15) is 0 Å². The van der Waals surface area contributed by atoms with E-state index >= 15 is 0 Å². The molecule has 0 heterocycles. The summed E-state index contributed by atoms with van der Waals surface area (Å²) < 4.78 is 28.3. The summed E-state index contributed by atoms with van der Waals surface area (Å²) in [5.74, 6) is -0.820. The molecule has 23 heavy (non-hydrogen) atoms. The van der Waals surface area contributed by atoms with Crippen LogP contribution in [0.1, 0.15) is 36.7 Å². The minimum Gasteiger partial charge on any atom is -0.449 e. The number of ether oxygens (including phenoxy) is 1. The summed E-state index contributed by atoms with van der Waals surface area (Å²) in [6, 6.07) is 4.24. The Labute approximate surface area is 137 Å². The van der Waals surface area contributed by atoms with Gasteiger partial charge in [0.15, 0.2) is 15.9 Å². The molecule has 1 amide bonds. The van der Waals surface area contributed by atoms with E-state index in [-0.39, 0.29) is 22.3 Å². The van der Waals surface area contributed by atoms with E-state index in [1.165, 1.54) is 25.1 Å². The number of esters is 1. The predicted octanol–water partition coefficient (Wildman–Crippen LogP) is 1.72. The Morgan fingerprint density at radius 2 is 1.83 bits per heavy atom. The predicted molar refractivity (Wildman–Crippen MR) is 87.0 cm³/mol. The van der Waals surface area contributed by atoms with E-state index < -0.39 is 21.9 Å². The number of nitrogens with one attached hydrogen (secondary N) is 1. The highest BCUT2D eigenvalue weighted by Crippen LogP contribution is 2.17. The number of aryl methyl sites for hydroxylation is 1. The number of carbonyl (C=O) groups is 2. The molecule has 7 heteroatoms. The summed E-state index contributed by atoms with van der Waals surface area (Å²) >= 11 is 0. The van der Waals surface area contributed by atoms with Crippen molar-refractivity contribution in [1.82, 2.24) is 5.32 Å². The molecule has 0 bridgehead atoms. The fraction of sp³-hybridized carbons (Fsp3) is 0.500. The van der Waals surface area contributed by atoms with Crippen LogP contribution in [0.4, 0.5) is 0 Å². The first-order chi connectivity index (χ1) is 10.5. The lowest BCUT2D eigenvalue weighted by Crippen LogP contribution is -2.37. The van der Waals surface area contributed by atoms with E-state index in [9.17, 15) is 18.0 Å². The standard InChI is InChI=1S/C16H23NO5S/c1-10(2)9-17-15(18)12(4)22-16(19)14-8-13(23(5,20)21)7-6-11(14)3/h6-8,10,12H,9H2,1-5H3,(H,17,18)/t12-/m0/s1. The molecule has 0 radical (unpaired) electrons. The molecule has 1 N–H and O–H groups in total. The highest BCUT2D eigenvalue weighted by atomic mass is 32.2. The zero-order valence-electron chi connectivity index (χ0n) is 14.0. The lowest BCUT2D eigenvalue weighted by atomic mass is 10.1. The van der Waals surface area contributed by atoms with Gasteiger partial charge in [0.25, 0.3) is 5.91 Å². The van der Waals surface area contributed by atoms with Crippen LogP contribution in [-0.2, 0) is 19.4 Å². The van der Waals surface area contributed by atoms with E-state index in [1.54, 1.807) is 6.92 Å². The Morgan fingerprint density at radius 3 is 2.35 bits per heavy atom. The maximum atomic E-state index is 12.2. The maximum Gasteiger partial charge on any atom is 0.339 e. The molecule has 1 aromatic carbocycles. The number of carbonyl (C=O) groups excluding carboxylic acids is 2. The van der Waals surface area contributed by atoms with Crippen molar-refractivity contribution in [2.24, 2.45) is 5.92 Å². The molecule has 0 saturated heterocycles. The van der Waals surface area contributed by atoms with Gasteiger partial charge in [0.05, 0.1) is 10.5 Å². The second-order valence-corrected chi connectivity index (χ2v) is 7.95. The van der Waals surface area contributed by atoms with E-state index in [0.29, 0.717) is 12.1 Å². The van der Waals surface area contributed by atoms with Crippen LogP contribution in [0.15, 0.2) is 23.1 Å². The van der Waals surface area contributed by atoms with Gasteiger partial charge in [-0.25, -0.2) is 13.2 Å². The van der Waals surface area contributed by atoms with Crippen molar-refractivity contribution in [2.45, 2.75) is 38.7 Å². The van der Waals surface area contributed by atoms with Gasteiger partial charge in [-0.1, -0.05) is 19.9 Å². The molecule has 0 spiro atoms. The molecule has 1 rings (SSSR count). The fourth-order valence-corrected chi connectivity index (χ4v) is 2.42. The second-order valence-electron chi connectivity index (χ2n) is 5.94. The van der Waals surface area contributed by atoms with Crippen molar-refractivity contribution < 1.29 is 22.7 Å². The van der Waals surface area contributed by atoms with Crippen molar-refractivity contribution >= 4 is 21.7 Å². The Kier molecular flexibility index (Phi) is 6.32. The lowest BCUT2D eigenvalue weighted by molar-refractivity contribution is -0.129. The summed E-state index contributed by atoms with van der Waals surface area (Å²) in [5, 5.41) is 2.68. The fourth-order valence-electron chi connectivity index (χ4n) is 1.78. The summed E-state index contributed by atoms with van der Waals surface area (Å²) in [6.45, 7) is 7.55. The Bertz CT molecular complexity index is 694. The number of hydrogen-bond acceptors (Lipinski definition) is 5. The number of benzene rings is 1. The maximum absolute atomic E-state index is 12.2. The van der Waals surface area contributed by atoms with Crippen LogP contribution in [0.3, 0.4) is 0 Å². The minimum atomic E-state index is -3.43. The molecular formula is C16H23NO5S. The molecule has 0 saturated carbocycles. The molecule has 0 unspecified atom stereocenters. The summed E-state index contributed by atoms with van der Waals surface area (Å²) in [5.41, 5.74) is 0.716. The van der Waals surface area contributed by atoms with E-state index in [4.69, 9.17) is 4.74 Å². The lowest BCUT2D eigenvalue weighted by Gasteiger charge is -2.15. The Hall–Kier alpha value is -1.89. The molecule has 6 nitrogen and oxygen atoms in total. The van der Waals surface area contributed by atoms with Crippen LogP contribution in [0.25, 0.3) is 0 Å². The second kappa shape index (κ2) is 7.59. The van der Waals surface area contributed by atoms with Crippen LogP contribution < -0.4 is 5.32 Å². The van der Waals surface area contributed by atoms with Crippen molar-refractivity contribution in [3.63, 3.8) is 0 Å². The molecule has 0 aromatic heterocycles. The number of amides is 1. The number of sulfone groups is 1. The van der Waals surface area contributed by atoms with Crippen molar-refractivity contribution in [3.05, 3.63) is 29.3 Å². The summed E-state index contributed by atoms with van der Waals surface area (Å²) in [4.78, 5) is 24.1. The van der Waals surface area contributed by atoms with Crippen molar-refractivity contribution in [3.8, 4) is 0 Å². The van der Waals surface area contributed by atoms with Crippen LogP contribution in [-0.4, -0.2) is 39.2 Å². The monoisotopic (exact) mass is 341 g/mol. The average Bonchev–Trinajstić information content (AvgIpc) is 2.43. The van der Waals surface area contributed by atoms with Crippen LogP contribution >= 0.6 is 0 Å². The molecule has 1 atom stereocenters. The molecule has 1 aromatic rings. The van der Waals surface area contributed by atoms with Crippen LogP contribution in [0.2, 0.25) is 0 Å². The molecule has 0 fully saturated rings. The van der Waals surface area contributed by atoms with Gasteiger partial charge < -0.3 is 10.1 Å².